The Hall–Kier alpha value is -3.65. The van der Waals surface area contributed by atoms with Gasteiger partial charge in [-0.2, -0.15) is 10.1 Å². The lowest BCUT2D eigenvalue weighted by molar-refractivity contribution is -0.114. The monoisotopic (exact) mass is 461 g/mol. The molecule has 1 saturated heterocycles. The van der Waals surface area contributed by atoms with Gasteiger partial charge in [0.05, 0.1) is 17.0 Å². The molecule has 0 aromatic heterocycles. The van der Waals surface area contributed by atoms with Crippen molar-refractivity contribution in [2.75, 3.05) is 37.9 Å². The summed E-state index contributed by atoms with van der Waals surface area (Å²) in [5, 5.41) is 15.1. The number of hydrogen-bond donors (Lipinski definition) is 1. The number of carbonyl (C=O) groups is 2. The quantitative estimate of drug-likeness (QED) is 0.707. The number of amides is 2. The summed E-state index contributed by atoms with van der Waals surface area (Å²) in [6, 6.07) is 12.5. The Labute approximate surface area is 198 Å². The third-order valence-corrected chi connectivity index (χ3v) is 6.46. The smallest absolute Gasteiger partial charge is 0.280 e. The van der Waals surface area contributed by atoms with Crippen molar-refractivity contribution < 1.29 is 24.2 Å². The van der Waals surface area contributed by atoms with Crippen LogP contribution < -0.4 is 14.5 Å². The highest BCUT2D eigenvalue weighted by molar-refractivity contribution is 6.32. The Morgan fingerprint density at radius 3 is 2.50 bits per heavy atom. The molecule has 1 fully saturated rings. The van der Waals surface area contributed by atoms with Crippen molar-refractivity contribution >= 4 is 29.3 Å². The first-order valence-electron chi connectivity index (χ1n) is 11.5. The fourth-order valence-electron chi connectivity index (χ4n) is 4.42. The molecular weight excluding hydrogens is 434 g/mol. The summed E-state index contributed by atoms with van der Waals surface area (Å²) in [7, 11) is 0. The van der Waals surface area contributed by atoms with E-state index in [-0.39, 0.29) is 24.3 Å². The number of aliphatic hydroxyl groups is 1. The topological polar surface area (TPSA) is 91.7 Å². The molecule has 2 aromatic rings. The highest BCUT2D eigenvalue weighted by atomic mass is 16.6. The fraction of sp³-hybridized carbons (Fsp3) is 0.346. The highest BCUT2D eigenvalue weighted by Crippen LogP contribution is 2.32. The molecule has 34 heavy (non-hydrogen) atoms. The van der Waals surface area contributed by atoms with Crippen molar-refractivity contribution in [1.82, 2.24) is 4.90 Å². The number of nitrogens with zero attached hydrogens (tertiary/aromatic N) is 3. The lowest BCUT2D eigenvalue weighted by Crippen LogP contribution is -2.39. The van der Waals surface area contributed by atoms with Crippen molar-refractivity contribution in [2.45, 2.75) is 19.8 Å². The minimum Gasteiger partial charge on any atom is -0.486 e. The van der Waals surface area contributed by atoms with Crippen molar-refractivity contribution in [2.24, 2.45) is 11.0 Å². The molecule has 0 saturated carbocycles. The van der Waals surface area contributed by atoms with Gasteiger partial charge in [0, 0.05) is 25.3 Å². The Kier molecular flexibility index (Phi) is 6.06. The van der Waals surface area contributed by atoms with E-state index in [0.717, 1.165) is 18.4 Å². The molecule has 3 heterocycles. The molecule has 0 spiro atoms. The van der Waals surface area contributed by atoms with Crippen molar-refractivity contribution in [3.05, 3.63) is 59.2 Å². The van der Waals surface area contributed by atoms with Crippen molar-refractivity contribution in [3.63, 3.8) is 0 Å². The lowest BCUT2D eigenvalue weighted by atomic mass is 9.97. The molecule has 3 aliphatic heterocycles. The zero-order chi connectivity index (χ0) is 23.7. The van der Waals surface area contributed by atoms with Gasteiger partial charge in [0.15, 0.2) is 11.5 Å². The summed E-state index contributed by atoms with van der Waals surface area (Å²) in [4.78, 5) is 27.8. The van der Waals surface area contributed by atoms with Gasteiger partial charge in [-0.25, -0.2) is 0 Å². The number of hydrazone groups is 1. The van der Waals surface area contributed by atoms with E-state index in [1.165, 1.54) is 5.01 Å². The largest absolute Gasteiger partial charge is 0.486 e. The van der Waals surface area contributed by atoms with E-state index in [0.29, 0.717) is 60.3 Å². The standard InChI is InChI=1S/C26H27N3O5/c1-17-22(14-19-2-7-23-24(15-19)34-13-12-33-23)26(32)29(27-17)21-5-3-20(4-6-21)25(31)28-10-8-18(16-30)9-11-28/h2-7,14-15,18,30H,8-13,16H2,1H3/b22-14-. The number of anilines is 1. The van der Waals surface area contributed by atoms with Gasteiger partial charge in [-0.05, 0) is 73.7 Å². The second-order valence-electron chi connectivity index (χ2n) is 8.73. The molecule has 3 aliphatic rings. The second kappa shape index (κ2) is 9.30. The number of likely N-dealkylation sites (tertiary alicyclic amines) is 1. The van der Waals surface area contributed by atoms with Gasteiger partial charge in [-0.15, -0.1) is 0 Å². The first kappa shape index (κ1) is 22.2. The van der Waals surface area contributed by atoms with Crippen LogP contribution >= 0.6 is 0 Å². The average Bonchev–Trinajstić information content (AvgIpc) is 3.16. The molecule has 0 atom stereocenters. The van der Waals surface area contributed by atoms with Crippen LogP contribution in [-0.2, 0) is 4.79 Å². The number of aliphatic hydroxyl groups excluding tert-OH is 1. The zero-order valence-electron chi connectivity index (χ0n) is 19.1. The van der Waals surface area contributed by atoms with Gasteiger partial charge < -0.3 is 19.5 Å². The third kappa shape index (κ3) is 4.28. The first-order valence-corrected chi connectivity index (χ1v) is 11.5. The highest BCUT2D eigenvalue weighted by Gasteiger charge is 2.29. The summed E-state index contributed by atoms with van der Waals surface area (Å²) in [6.45, 7) is 4.29. The predicted molar refractivity (Wildman–Crippen MR) is 128 cm³/mol. The minimum atomic E-state index is -0.224. The van der Waals surface area contributed by atoms with Crippen LogP contribution in [0.15, 0.2) is 53.1 Å². The molecular formula is C26H27N3O5. The predicted octanol–water partition coefficient (Wildman–Crippen LogP) is 3.11. The number of ether oxygens (including phenoxy) is 2. The zero-order valence-corrected chi connectivity index (χ0v) is 19.1. The number of piperidine rings is 1. The van der Waals surface area contributed by atoms with E-state index < -0.39 is 0 Å². The minimum absolute atomic E-state index is 0.0328. The van der Waals surface area contributed by atoms with Crippen LogP contribution in [0.5, 0.6) is 11.5 Å². The molecule has 2 amide bonds. The van der Waals surface area contributed by atoms with Gasteiger partial charge in [0.1, 0.15) is 13.2 Å². The summed E-state index contributed by atoms with van der Waals surface area (Å²) < 4.78 is 11.2. The Balaban J connectivity index is 1.30. The maximum Gasteiger partial charge on any atom is 0.280 e. The number of hydrogen-bond acceptors (Lipinski definition) is 6. The first-order chi connectivity index (χ1) is 16.5. The van der Waals surface area contributed by atoms with Crippen LogP contribution in [0.4, 0.5) is 5.69 Å². The number of rotatable bonds is 4. The average molecular weight is 462 g/mol. The molecule has 8 nitrogen and oxygen atoms in total. The molecule has 0 radical (unpaired) electrons. The van der Waals surface area contributed by atoms with Gasteiger partial charge in [-0.1, -0.05) is 6.07 Å². The lowest BCUT2D eigenvalue weighted by Gasteiger charge is -2.31. The van der Waals surface area contributed by atoms with Crippen LogP contribution in [0, 0.1) is 5.92 Å². The number of carbonyl (C=O) groups excluding carboxylic acids is 2. The Morgan fingerprint density at radius 2 is 1.79 bits per heavy atom. The molecule has 0 bridgehead atoms. The van der Waals surface area contributed by atoms with Crippen molar-refractivity contribution in [1.29, 1.82) is 0 Å². The van der Waals surface area contributed by atoms with E-state index in [1.807, 2.05) is 23.1 Å². The fourth-order valence-corrected chi connectivity index (χ4v) is 4.42. The van der Waals surface area contributed by atoms with Gasteiger partial charge in [0.2, 0.25) is 0 Å². The molecule has 5 rings (SSSR count). The summed E-state index contributed by atoms with van der Waals surface area (Å²) >= 11 is 0. The van der Waals surface area contributed by atoms with E-state index in [1.54, 1.807) is 37.3 Å². The van der Waals surface area contributed by atoms with Crippen LogP contribution in [-0.4, -0.2) is 60.4 Å². The summed E-state index contributed by atoms with van der Waals surface area (Å²) in [5.74, 6) is 1.38. The Morgan fingerprint density at radius 1 is 1.09 bits per heavy atom. The number of fused-ring (bicyclic) bond motifs is 1. The molecule has 176 valence electrons. The van der Waals surface area contributed by atoms with Crippen LogP contribution in [0.25, 0.3) is 6.08 Å². The van der Waals surface area contributed by atoms with Crippen LogP contribution in [0.1, 0.15) is 35.7 Å². The summed E-state index contributed by atoms with van der Waals surface area (Å²) in [6.07, 6.45) is 3.43. The molecule has 8 heteroatoms. The van der Waals surface area contributed by atoms with Crippen LogP contribution in [0.3, 0.4) is 0 Å². The third-order valence-electron chi connectivity index (χ3n) is 6.46. The van der Waals surface area contributed by atoms with E-state index in [2.05, 4.69) is 5.10 Å². The van der Waals surface area contributed by atoms with Gasteiger partial charge >= 0.3 is 0 Å². The van der Waals surface area contributed by atoms with E-state index in [4.69, 9.17) is 9.47 Å². The number of benzene rings is 2. The molecule has 0 aliphatic carbocycles. The maximum atomic E-state index is 13.1. The van der Waals surface area contributed by atoms with E-state index >= 15 is 0 Å². The SMILES string of the molecule is CC1=NN(c2ccc(C(=O)N3CCC(CO)CC3)cc2)C(=O)/C1=C\c1ccc2c(c1)OCCO2. The second-order valence-corrected chi connectivity index (χ2v) is 8.73. The van der Waals surface area contributed by atoms with E-state index in [9.17, 15) is 14.7 Å². The Bertz CT molecular complexity index is 1160. The van der Waals surface area contributed by atoms with Crippen LogP contribution in [0.2, 0.25) is 0 Å². The normalized spacial score (nSPS) is 19.5. The maximum absolute atomic E-state index is 13.1. The molecule has 1 N–H and O–H groups in total. The summed E-state index contributed by atoms with van der Waals surface area (Å²) in [5.41, 5.74) is 3.13. The van der Waals surface area contributed by atoms with Gasteiger partial charge in [0.25, 0.3) is 11.8 Å². The van der Waals surface area contributed by atoms with Gasteiger partial charge in [-0.3, -0.25) is 9.59 Å². The molecule has 2 aromatic carbocycles. The van der Waals surface area contributed by atoms with Crippen molar-refractivity contribution in [3.8, 4) is 11.5 Å². The molecule has 0 unspecified atom stereocenters.